The number of nitrogens with zero attached hydrogens (tertiary/aromatic N) is 1. The van der Waals surface area contributed by atoms with E-state index in [1.807, 2.05) is 32.0 Å². The zero-order chi connectivity index (χ0) is 8.97. The minimum absolute atomic E-state index is 0.889. The summed E-state index contributed by atoms with van der Waals surface area (Å²) in [6.45, 7) is 4.00. The molecule has 0 radical (unpaired) electrons. The summed E-state index contributed by atoms with van der Waals surface area (Å²) in [5.41, 5.74) is 3.17. The van der Waals surface area contributed by atoms with Crippen LogP contribution in [0.4, 0.5) is 5.69 Å². The molecule has 0 bridgehead atoms. The number of benzene rings is 1. The van der Waals surface area contributed by atoms with Crippen molar-refractivity contribution in [2.45, 2.75) is 13.8 Å². The summed E-state index contributed by atoms with van der Waals surface area (Å²) in [5, 5.41) is 0. The summed E-state index contributed by atoms with van der Waals surface area (Å²) in [6, 6.07) is 6.03. The summed E-state index contributed by atoms with van der Waals surface area (Å²) in [4.78, 5) is 8.26. The molecule has 0 atom stereocenters. The molecule has 2 N–H and O–H groups in total. The minimum atomic E-state index is 0.889. The van der Waals surface area contributed by atoms with Crippen molar-refractivity contribution in [2.24, 2.45) is 10.9 Å². The van der Waals surface area contributed by atoms with Crippen molar-refractivity contribution in [3.63, 3.8) is 0 Å². The molecule has 1 aromatic rings. The largest absolute Gasteiger partial charge is 0.399 e. The second-order valence-corrected chi connectivity index (χ2v) is 2.66. The summed E-state index contributed by atoms with van der Waals surface area (Å²) >= 11 is 0. The molecule has 0 saturated carbocycles. The smallest absolute Gasteiger partial charge is 0.201 e. The number of nitrogens with two attached hydrogens (primary N) is 1. The highest BCUT2D eigenvalue weighted by atomic mass is 16.6. The lowest BCUT2D eigenvalue weighted by Crippen LogP contribution is -1.93. The van der Waals surface area contributed by atoms with E-state index in [0.717, 1.165) is 11.3 Å². The van der Waals surface area contributed by atoms with Gasteiger partial charge < -0.3 is 4.84 Å². The number of hydrogen-bond donors (Lipinski definition) is 1. The molecular weight excluding hydrogens is 152 g/mol. The Kier molecular flexibility index (Phi) is 2.82. The van der Waals surface area contributed by atoms with Crippen molar-refractivity contribution in [3.8, 4) is 0 Å². The Balaban J connectivity index is 2.97. The van der Waals surface area contributed by atoms with E-state index < -0.39 is 0 Å². The van der Waals surface area contributed by atoms with Gasteiger partial charge >= 0.3 is 0 Å². The van der Waals surface area contributed by atoms with Crippen LogP contribution >= 0.6 is 0 Å². The fraction of sp³-hybridized carbons (Fsp3) is 0.222. The van der Waals surface area contributed by atoms with Gasteiger partial charge in [0, 0.05) is 0 Å². The molecule has 0 unspecified atom stereocenters. The van der Waals surface area contributed by atoms with Crippen LogP contribution in [0.1, 0.15) is 11.1 Å². The third-order valence-corrected chi connectivity index (χ3v) is 1.62. The topological polar surface area (TPSA) is 47.6 Å². The molecule has 0 aromatic heterocycles. The molecule has 0 spiro atoms. The molecule has 0 amide bonds. The normalized spacial score (nSPS) is 10.6. The average molecular weight is 164 g/mol. The van der Waals surface area contributed by atoms with Crippen molar-refractivity contribution in [3.05, 3.63) is 29.3 Å². The summed E-state index contributed by atoms with van der Waals surface area (Å²) in [5.74, 6) is 4.82. The van der Waals surface area contributed by atoms with Crippen LogP contribution in [0.25, 0.3) is 0 Å². The standard InChI is InChI=1S/C9H12N2O/c1-7-3-4-8(2)9(5-7)11-6-12-10/h3-6H,10H2,1-2H3. The molecule has 1 aromatic carbocycles. The van der Waals surface area contributed by atoms with Crippen LogP contribution in [0.15, 0.2) is 23.2 Å². The molecule has 3 nitrogen and oxygen atoms in total. The maximum atomic E-state index is 4.82. The number of aliphatic imine (C=N–C) groups is 1. The first-order valence-electron chi connectivity index (χ1n) is 3.69. The van der Waals surface area contributed by atoms with E-state index in [-0.39, 0.29) is 0 Å². The van der Waals surface area contributed by atoms with Crippen molar-refractivity contribution in [2.75, 3.05) is 0 Å². The first-order chi connectivity index (χ1) is 5.74. The number of hydrogen-bond acceptors (Lipinski definition) is 3. The molecule has 0 fully saturated rings. The third-order valence-electron chi connectivity index (χ3n) is 1.62. The molecule has 0 aliphatic carbocycles. The van der Waals surface area contributed by atoms with E-state index in [4.69, 9.17) is 5.90 Å². The van der Waals surface area contributed by atoms with Gasteiger partial charge in [-0.1, -0.05) is 12.1 Å². The quantitative estimate of drug-likeness (QED) is 0.412. The van der Waals surface area contributed by atoms with E-state index in [1.54, 1.807) is 0 Å². The van der Waals surface area contributed by atoms with Crippen molar-refractivity contribution >= 4 is 12.1 Å². The first-order valence-corrected chi connectivity index (χ1v) is 3.69. The van der Waals surface area contributed by atoms with Gasteiger partial charge in [-0.3, -0.25) is 0 Å². The fourth-order valence-electron chi connectivity index (χ4n) is 0.946. The Morgan fingerprint density at radius 1 is 1.42 bits per heavy atom. The monoisotopic (exact) mass is 164 g/mol. The molecule has 0 saturated heterocycles. The van der Waals surface area contributed by atoms with E-state index in [2.05, 4.69) is 9.83 Å². The molecule has 0 heterocycles. The Labute approximate surface area is 71.8 Å². The van der Waals surface area contributed by atoms with Gasteiger partial charge in [0.25, 0.3) is 0 Å². The van der Waals surface area contributed by atoms with Crippen molar-refractivity contribution in [1.29, 1.82) is 0 Å². The average Bonchev–Trinajstić information content (AvgIpc) is 2.07. The third kappa shape index (κ3) is 2.07. The lowest BCUT2D eigenvalue weighted by atomic mass is 10.1. The van der Waals surface area contributed by atoms with Gasteiger partial charge in [-0.15, -0.1) is 0 Å². The molecule has 64 valence electrons. The Bertz CT molecular complexity index is 295. The highest BCUT2D eigenvalue weighted by Crippen LogP contribution is 2.18. The van der Waals surface area contributed by atoms with E-state index in [1.165, 1.54) is 12.0 Å². The van der Waals surface area contributed by atoms with Crippen LogP contribution in [-0.2, 0) is 4.84 Å². The maximum absolute atomic E-state index is 4.82. The van der Waals surface area contributed by atoms with Crippen LogP contribution in [0.5, 0.6) is 0 Å². The van der Waals surface area contributed by atoms with Gasteiger partial charge in [-0.05, 0) is 31.0 Å². The SMILES string of the molecule is Cc1ccc(C)c(N=CON)c1. The number of rotatable bonds is 2. The van der Waals surface area contributed by atoms with Gasteiger partial charge in [0.2, 0.25) is 6.40 Å². The van der Waals surface area contributed by atoms with Crippen LogP contribution in [0, 0.1) is 13.8 Å². The van der Waals surface area contributed by atoms with Crippen LogP contribution in [-0.4, -0.2) is 6.40 Å². The zero-order valence-corrected chi connectivity index (χ0v) is 7.24. The van der Waals surface area contributed by atoms with E-state index in [0.29, 0.717) is 0 Å². The van der Waals surface area contributed by atoms with Crippen molar-refractivity contribution < 1.29 is 4.84 Å². The number of aryl methyl sites for hydroxylation is 2. The predicted molar refractivity (Wildman–Crippen MR) is 49.3 cm³/mol. The zero-order valence-electron chi connectivity index (χ0n) is 7.24. The second-order valence-electron chi connectivity index (χ2n) is 2.66. The van der Waals surface area contributed by atoms with E-state index >= 15 is 0 Å². The Morgan fingerprint density at radius 3 is 2.83 bits per heavy atom. The predicted octanol–water partition coefficient (Wildman–Crippen LogP) is 1.85. The van der Waals surface area contributed by atoms with Gasteiger partial charge in [0.15, 0.2) is 0 Å². The molecular formula is C9H12N2O. The first kappa shape index (κ1) is 8.74. The molecule has 12 heavy (non-hydrogen) atoms. The van der Waals surface area contributed by atoms with Gasteiger partial charge in [-0.2, -0.15) is 5.90 Å². The Hall–Kier alpha value is -1.35. The second kappa shape index (κ2) is 3.88. The Morgan fingerprint density at radius 2 is 2.17 bits per heavy atom. The molecule has 1 rings (SSSR count). The van der Waals surface area contributed by atoms with Crippen LogP contribution in [0.2, 0.25) is 0 Å². The molecule has 0 aliphatic rings. The summed E-state index contributed by atoms with van der Waals surface area (Å²) in [7, 11) is 0. The van der Waals surface area contributed by atoms with Crippen LogP contribution in [0.3, 0.4) is 0 Å². The highest BCUT2D eigenvalue weighted by molar-refractivity contribution is 5.58. The summed E-state index contributed by atoms with van der Waals surface area (Å²) < 4.78 is 0. The van der Waals surface area contributed by atoms with Crippen molar-refractivity contribution in [1.82, 2.24) is 0 Å². The minimum Gasteiger partial charge on any atom is -0.399 e. The summed E-state index contributed by atoms with van der Waals surface area (Å²) in [6.07, 6.45) is 1.22. The van der Waals surface area contributed by atoms with Gasteiger partial charge in [0.1, 0.15) is 0 Å². The lowest BCUT2D eigenvalue weighted by molar-refractivity contribution is 0.338. The van der Waals surface area contributed by atoms with Crippen LogP contribution < -0.4 is 5.90 Å². The highest BCUT2D eigenvalue weighted by Gasteiger charge is 1.94. The molecule has 0 aliphatic heterocycles. The molecule has 3 heteroatoms. The van der Waals surface area contributed by atoms with E-state index in [9.17, 15) is 0 Å². The lowest BCUT2D eigenvalue weighted by Gasteiger charge is -1.99. The maximum Gasteiger partial charge on any atom is 0.201 e. The van der Waals surface area contributed by atoms with Gasteiger partial charge in [-0.25, -0.2) is 4.99 Å². The fourth-order valence-corrected chi connectivity index (χ4v) is 0.946. The van der Waals surface area contributed by atoms with Gasteiger partial charge in [0.05, 0.1) is 5.69 Å².